The first-order valence-electron chi connectivity index (χ1n) is 19.5. The molecule has 5 aliphatic rings. The highest BCUT2D eigenvalue weighted by molar-refractivity contribution is 7.90. The van der Waals surface area contributed by atoms with E-state index < -0.39 is 26.8 Å². The Kier molecular flexibility index (Phi) is 11.5. The molecule has 12 heteroatoms. The number of ether oxygens (including phenoxy) is 2. The largest absolute Gasteiger partial charge is 0.485 e. The van der Waals surface area contributed by atoms with E-state index in [2.05, 4.69) is 31.6 Å². The van der Waals surface area contributed by atoms with Gasteiger partial charge in [-0.05, 0) is 118 Å². The zero-order chi connectivity index (χ0) is 36.5. The van der Waals surface area contributed by atoms with Crippen LogP contribution in [0, 0.1) is 17.8 Å². The van der Waals surface area contributed by atoms with E-state index in [0.29, 0.717) is 41.6 Å². The topological polar surface area (TPSA) is 104 Å². The number of pyridine rings is 1. The maximum atomic E-state index is 13.6. The highest BCUT2D eigenvalue weighted by Crippen LogP contribution is 2.47. The number of anilines is 1. The molecule has 1 N–H and O–H groups in total. The normalized spacial score (nSPS) is 32.4. The van der Waals surface area contributed by atoms with E-state index in [1.165, 1.54) is 31.4 Å². The third kappa shape index (κ3) is 8.04. The van der Waals surface area contributed by atoms with Crippen LogP contribution in [0.25, 0.3) is 0 Å². The molecule has 4 aliphatic heterocycles. The van der Waals surface area contributed by atoms with Crippen LogP contribution < -0.4 is 14.4 Å². The van der Waals surface area contributed by atoms with Crippen molar-refractivity contribution in [3.8, 4) is 5.75 Å². The number of piperidine rings is 1. The quantitative estimate of drug-likeness (QED) is 0.374. The molecule has 10 nitrogen and oxygen atoms in total. The minimum Gasteiger partial charge on any atom is -0.485 e. The van der Waals surface area contributed by atoms with Gasteiger partial charge in [-0.2, -0.15) is 0 Å². The number of nitrogens with zero attached hydrogens (tertiary/aromatic N) is 4. The Morgan fingerprint density at radius 1 is 1.00 bits per heavy atom. The molecule has 2 bridgehead atoms. The Hall–Kier alpha value is -2.70. The van der Waals surface area contributed by atoms with Gasteiger partial charge in [0.2, 0.25) is 10.0 Å². The van der Waals surface area contributed by atoms with Crippen molar-refractivity contribution >= 4 is 33.3 Å². The number of carbonyl (C=O) groups excluding carboxylic acids is 1. The van der Waals surface area contributed by atoms with Crippen molar-refractivity contribution in [2.24, 2.45) is 17.8 Å². The van der Waals surface area contributed by atoms with Crippen molar-refractivity contribution in [3.63, 3.8) is 0 Å². The number of amides is 1. The summed E-state index contributed by atoms with van der Waals surface area (Å²) < 4.78 is 42.7. The SMILES string of the molecule is CO[C@]1(CN2CCN3CCCC[C@@H]3C2)/C=C/C[C@H](C)[C@@H](C)S(=O)(=O)NC(=O)c2ccc3c(n2)N(CCCCc2cc(Cl)ccc2CO3)C[C@@H]2CC[C@H]21. The summed E-state index contributed by atoms with van der Waals surface area (Å²) in [5, 5.41) is -0.0848. The van der Waals surface area contributed by atoms with Crippen LogP contribution in [0.1, 0.15) is 86.8 Å². The number of nitrogens with one attached hydrogen (secondary N) is 1. The zero-order valence-electron chi connectivity index (χ0n) is 31.1. The van der Waals surface area contributed by atoms with Crippen LogP contribution in [-0.4, -0.2) is 98.9 Å². The number of piperazine rings is 1. The first kappa shape index (κ1) is 37.6. The number of methoxy groups -OCH3 is 1. The van der Waals surface area contributed by atoms with E-state index in [1.54, 1.807) is 19.1 Å². The van der Waals surface area contributed by atoms with Crippen molar-refractivity contribution in [2.75, 3.05) is 57.8 Å². The number of aromatic nitrogens is 1. The van der Waals surface area contributed by atoms with Gasteiger partial charge in [0.05, 0.1) is 5.25 Å². The van der Waals surface area contributed by atoms with E-state index in [9.17, 15) is 13.2 Å². The smallest absolute Gasteiger partial charge is 0.283 e. The van der Waals surface area contributed by atoms with Crippen molar-refractivity contribution in [3.05, 3.63) is 64.3 Å². The summed E-state index contributed by atoms with van der Waals surface area (Å²) in [4.78, 5) is 26.0. The van der Waals surface area contributed by atoms with E-state index in [1.807, 2.05) is 32.2 Å². The Morgan fingerprint density at radius 3 is 2.65 bits per heavy atom. The summed E-state index contributed by atoms with van der Waals surface area (Å²) in [6.07, 6.45) is 13.7. The summed E-state index contributed by atoms with van der Waals surface area (Å²) >= 11 is 6.40. The number of hydrogen-bond acceptors (Lipinski definition) is 9. The van der Waals surface area contributed by atoms with Gasteiger partial charge in [0.25, 0.3) is 5.91 Å². The lowest BCUT2D eigenvalue weighted by Gasteiger charge is -2.53. The molecule has 6 atom stereocenters. The molecule has 2 saturated heterocycles. The lowest BCUT2D eigenvalue weighted by Crippen LogP contribution is -2.61. The average molecular weight is 754 g/mol. The maximum absolute atomic E-state index is 13.6. The second-order valence-corrected chi connectivity index (χ2v) is 18.4. The number of aryl methyl sites for hydroxylation is 1. The molecule has 5 heterocycles. The lowest BCUT2D eigenvalue weighted by atomic mass is 9.63. The molecule has 52 heavy (non-hydrogen) atoms. The highest BCUT2D eigenvalue weighted by Gasteiger charge is 2.49. The van der Waals surface area contributed by atoms with Gasteiger partial charge in [-0.15, -0.1) is 0 Å². The summed E-state index contributed by atoms with van der Waals surface area (Å²) in [5.41, 5.74) is 1.79. The summed E-state index contributed by atoms with van der Waals surface area (Å²) in [6.45, 7) is 10.6. The maximum Gasteiger partial charge on any atom is 0.283 e. The molecule has 284 valence electrons. The summed E-state index contributed by atoms with van der Waals surface area (Å²) in [7, 11) is -2.13. The molecular formula is C40H56ClN5O5S. The molecule has 1 aromatic heterocycles. The number of fused-ring (bicyclic) bond motifs is 4. The number of benzene rings is 1. The van der Waals surface area contributed by atoms with Crippen LogP contribution in [0.5, 0.6) is 5.75 Å². The first-order valence-corrected chi connectivity index (χ1v) is 21.4. The minimum absolute atomic E-state index is 0.0584. The molecule has 2 aromatic rings. The van der Waals surface area contributed by atoms with E-state index in [4.69, 9.17) is 26.1 Å². The molecule has 1 aliphatic carbocycles. The lowest BCUT2D eigenvalue weighted by molar-refractivity contribution is -0.100. The number of halogens is 1. The predicted molar refractivity (Wildman–Crippen MR) is 206 cm³/mol. The Morgan fingerprint density at radius 2 is 1.85 bits per heavy atom. The zero-order valence-corrected chi connectivity index (χ0v) is 32.6. The van der Waals surface area contributed by atoms with Gasteiger partial charge in [-0.3, -0.25) is 14.6 Å². The number of rotatable bonds is 3. The number of allylic oxidation sites excluding steroid dienone is 1. The molecular weight excluding hydrogens is 698 g/mol. The van der Waals surface area contributed by atoms with Gasteiger partial charge in [0.15, 0.2) is 11.6 Å². The number of hydrogen-bond donors (Lipinski definition) is 1. The van der Waals surface area contributed by atoms with Crippen LogP contribution in [0.4, 0.5) is 5.82 Å². The number of carbonyl (C=O) groups is 1. The second kappa shape index (κ2) is 16.0. The molecule has 0 spiro atoms. The fourth-order valence-corrected chi connectivity index (χ4v) is 10.7. The fourth-order valence-electron chi connectivity index (χ4n) is 9.19. The van der Waals surface area contributed by atoms with Crippen molar-refractivity contribution in [2.45, 2.75) is 95.1 Å². The van der Waals surface area contributed by atoms with Gasteiger partial charge >= 0.3 is 0 Å². The molecule has 0 unspecified atom stereocenters. The van der Waals surface area contributed by atoms with Crippen LogP contribution in [-0.2, 0) is 27.8 Å². The summed E-state index contributed by atoms with van der Waals surface area (Å²) in [5.74, 6) is 0.796. The first-order chi connectivity index (χ1) is 25.0. The van der Waals surface area contributed by atoms with Gasteiger partial charge < -0.3 is 14.4 Å². The molecule has 1 saturated carbocycles. The minimum atomic E-state index is -3.99. The standard InChI is InChI=1S/C40H56ClN5O5S/c1-28-9-8-18-40(50-3,27-44-21-22-45-19-7-5-11-34(45)25-44)35-15-13-31(35)24-46-20-6-4-10-30-23-33(41)14-12-32(30)26-51-37-17-16-36(42-38(37)46)39(47)43-52(48,49)29(28)2/h8,12,14,16-18,23,28-29,31,34-35H,4-7,9-11,13,15,19-22,24-27H2,1-3H3,(H,43,47)/b18-8+/t28-,29+,31-,34+,35+,40-/m0/s1. The Balaban J connectivity index is 1.25. The van der Waals surface area contributed by atoms with E-state index in [0.717, 1.165) is 76.9 Å². The average Bonchev–Trinajstić information content (AvgIpc) is 3.15. The van der Waals surface area contributed by atoms with Crippen molar-refractivity contribution in [1.29, 1.82) is 0 Å². The monoisotopic (exact) mass is 753 g/mol. The van der Waals surface area contributed by atoms with E-state index >= 15 is 0 Å². The van der Waals surface area contributed by atoms with Crippen LogP contribution in [0.15, 0.2) is 42.5 Å². The fraction of sp³-hybridized carbons (Fsp3) is 0.650. The molecule has 7 rings (SSSR count). The number of sulfonamides is 1. The van der Waals surface area contributed by atoms with Gasteiger partial charge in [-0.25, -0.2) is 18.1 Å². The van der Waals surface area contributed by atoms with Gasteiger partial charge in [0, 0.05) is 57.4 Å². The Bertz CT molecular complexity index is 1740. The Labute approximate surface area is 315 Å². The molecule has 0 radical (unpaired) electrons. The van der Waals surface area contributed by atoms with Crippen molar-refractivity contribution in [1.82, 2.24) is 19.5 Å². The van der Waals surface area contributed by atoms with E-state index in [-0.39, 0.29) is 17.5 Å². The third-order valence-corrected chi connectivity index (χ3v) is 14.9. The second-order valence-electron chi connectivity index (χ2n) is 15.9. The van der Waals surface area contributed by atoms with Gasteiger partial charge in [0.1, 0.15) is 17.9 Å². The van der Waals surface area contributed by atoms with Crippen LogP contribution in [0.2, 0.25) is 5.02 Å². The molecule has 1 aromatic carbocycles. The predicted octanol–water partition coefficient (Wildman–Crippen LogP) is 6.08. The third-order valence-electron chi connectivity index (χ3n) is 12.8. The van der Waals surface area contributed by atoms with Crippen LogP contribution >= 0.6 is 11.6 Å². The molecule has 3 fully saturated rings. The summed E-state index contributed by atoms with van der Waals surface area (Å²) in [6, 6.07) is 9.87. The van der Waals surface area contributed by atoms with Crippen LogP contribution in [0.3, 0.4) is 0 Å². The highest BCUT2D eigenvalue weighted by atomic mass is 35.5. The van der Waals surface area contributed by atoms with Crippen molar-refractivity contribution < 1.29 is 22.7 Å². The van der Waals surface area contributed by atoms with Gasteiger partial charge in [-0.1, -0.05) is 43.2 Å². The molecule has 1 amide bonds.